The second kappa shape index (κ2) is 11.8. The van der Waals surface area contributed by atoms with E-state index in [9.17, 15) is 30.4 Å². The van der Waals surface area contributed by atoms with Crippen molar-refractivity contribution in [3.63, 3.8) is 0 Å². The minimum atomic E-state index is -3.86. The van der Waals surface area contributed by atoms with E-state index in [1.165, 1.54) is 11.3 Å². The molecule has 0 spiro atoms. The van der Waals surface area contributed by atoms with Crippen LogP contribution in [0, 0.1) is 5.92 Å². The van der Waals surface area contributed by atoms with Gasteiger partial charge in [-0.3, -0.25) is 4.79 Å². The lowest BCUT2D eigenvalue weighted by molar-refractivity contribution is -0.0457. The van der Waals surface area contributed by atoms with Gasteiger partial charge in [0.1, 0.15) is 9.84 Å². The van der Waals surface area contributed by atoms with Gasteiger partial charge in [0.05, 0.1) is 27.0 Å². The molecule has 5 rings (SSSR count). The number of nitrogens with zero attached hydrogens (tertiary/aromatic N) is 1. The van der Waals surface area contributed by atoms with Crippen molar-refractivity contribution in [2.45, 2.75) is 88.1 Å². The number of hydrogen-bond donors (Lipinski definition) is 2. The van der Waals surface area contributed by atoms with Gasteiger partial charge in [0, 0.05) is 35.4 Å². The Morgan fingerprint density at radius 1 is 1.02 bits per heavy atom. The number of benzene rings is 2. The van der Waals surface area contributed by atoms with E-state index in [1.54, 1.807) is 45.0 Å². The molecular weight excluding hydrogens is 617 g/mol. The van der Waals surface area contributed by atoms with E-state index in [0.29, 0.717) is 59.0 Å². The standard InChI is InChI=1S/C30H37F2N3O5S3/c1-29(2,3)35-43(39,40)25-9-8-23(21-6-4-5-7-22(21)25)26-24(18-19-10-14-30(31,32)15-11-19)34-28(41-26)27(36)33-20-12-16-42(37,38)17-13-20/h4-9,19-20,35H,10-18H2,1-3H3,(H,33,36). The van der Waals surface area contributed by atoms with Crippen LogP contribution in [-0.2, 0) is 26.3 Å². The Morgan fingerprint density at radius 3 is 2.28 bits per heavy atom. The molecule has 1 aromatic heterocycles. The molecule has 2 N–H and O–H groups in total. The van der Waals surface area contributed by atoms with Crippen LogP contribution in [0.3, 0.4) is 0 Å². The first-order chi connectivity index (χ1) is 20.0. The number of halogens is 2. The number of amides is 1. The van der Waals surface area contributed by atoms with Gasteiger partial charge >= 0.3 is 0 Å². The van der Waals surface area contributed by atoms with Crippen molar-refractivity contribution in [2.24, 2.45) is 5.92 Å². The molecule has 1 saturated heterocycles. The van der Waals surface area contributed by atoms with Gasteiger partial charge in [0.25, 0.3) is 5.91 Å². The number of nitrogens with one attached hydrogen (secondary N) is 2. The highest BCUT2D eigenvalue weighted by molar-refractivity contribution is 7.91. The first kappa shape index (κ1) is 31.9. The summed E-state index contributed by atoms with van der Waals surface area (Å²) < 4.78 is 80.9. The summed E-state index contributed by atoms with van der Waals surface area (Å²) in [5, 5.41) is 4.32. The maximum absolute atomic E-state index is 13.9. The molecule has 2 aliphatic rings. The first-order valence-electron chi connectivity index (χ1n) is 14.5. The highest BCUT2D eigenvalue weighted by Gasteiger charge is 2.36. The summed E-state index contributed by atoms with van der Waals surface area (Å²) in [7, 11) is -6.95. The molecule has 3 aromatic rings. The molecule has 2 heterocycles. The van der Waals surface area contributed by atoms with Crippen LogP contribution in [0.4, 0.5) is 8.78 Å². The Morgan fingerprint density at radius 2 is 1.65 bits per heavy atom. The number of rotatable bonds is 7. The van der Waals surface area contributed by atoms with Crippen LogP contribution in [0.15, 0.2) is 41.3 Å². The lowest BCUT2D eigenvalue weighted by Crippen LogP contribution is -2.40. The number of aromatic nitrogens is 1. The third kappa shape index (κ3) is 7.61. The van der Waals surface area contributed by atoms with Crippen molar-refractivity contribution in [2.75, 3.05) is 11.5 Å². The van der Waals surface area contributed by atoms with Crippen LogP contribution in [0.25, 0.3) is 21.2 Å². The number of hydrogen-bond acceptors (Lipinski definition) is 7. The summed E-state index contributed by atoms with van der Waals surface area (Å²) in [6.07, 6.45) is 1.39. The Kier molecular flexibility index (Phi) is 8.76. The Labute approximate surface area is 255 Å². The van der Waals surface area contributed by atoms with E-state index in [4.69, 9.17) is 4.98 Å². The molecule has 0 unspecified atom stereocenters. The van der Waals surface area contributed by atoms with E-state index < -0.39 is 37.2 Å². The monoisotopic (exact) mass is 653 g/mol. The minimum absolute atomic E-state index is 0.0178. The Balaban J connectivity index is 1.53. The molecule has 1 amide bonds. The van der Waals surface area contributed by atoms with Crippen molar-refractivity contribution >= 4 is 47.9 Å². The fourth-order valence-electron chi connectivity index (χ4n) is 5.82. The van der Waals surface area contributed by atoms with Gasteiger partial charge in [-0.15, -0.1) is 11.3 Å². The first-order valence-corrected chi connectivity index (χ1v) is 18.6. The predicted octanol–water partition coefficient (Wildman–Crippen LogP) is 5.72. The van der Waals surface area contributed by atoms with Crippen molar-refractivity contribution in [1.82, 2.24) is 15.0 Å². The third-order valence-electron chi connectivity index (χ3n) is 7.96. The maximum atomic E-state index is 13.9. The van der Waals surface area contributed by atoms with E-state index in [1.807, 2.05) is 12.1 Å². The van der Waals surface area contributed by atoms with Gasteiger partial charge in [0.2, 0.25) is 15.9 Å². The van der Waals surface area contributed by atoms with E-state index in [-0.39, 0.29) is 46.2 Å². The SMILES string of the molecule is CC(C)(C)NS(=O)(=O)c1ccc(-c2sc(C(=O)NC3CCS(=O)(=O)CC3)nc2CC2CCC(F)(F)CC2)c2ccccc12. The molecular formula is C30H37F2N3O5S3. The zero-order valence-corrected chi connectivity index (χ0v) is 26.9. The number of carbonyl (C=O) groups excluding carboxylic acids is 1. The van der Waals surface area contributed by atoms with Crippen LogP contribution >= 0.6 is 11.3 Å². The van der Waals surface area contributed by atoms with Crippen LogP contribution in [0.2, 0.25) is 0 Å². The maximum Gasteiger partial charge on any atom is 0.280 e. The lowest BCUT2D eigenvalue weighted by Gasteiger charge is -2.28. The van der Waals surface area contributed by atoms with Gasteiger partial charge < -0.3 is 5.32 Å². The summed E-state index contributed by atoms with van der Waals surface area (Å²) in [5.74, 6) is -3.07. The second-order valence-corrected chi connectivity index (χ2v) is 17.7. The topological polar surface area (TPSA) is 122 Å². The average molecular weight is 654 g/mol. The van der Waals surface area contributed by atoms with Gasteiger partial charge in [-0.2, -0.15) is 0 Å². The molecule has 8 nitrogen and oxygen atoms in total. The summed E-state index contributed by atoms with van der Waals surface area (Å²) >= 11 is 1.18. The summed E-state index contributed by atoms with van der Waals surface area (Å²) in [6.45, 7) is 5.31. The highest BCUT2D eigenvalue weighted by atomic mass is 32.2. The van der Waals surface area contributed by atoms with Crippen molar-refractivity contribution in [1.29, 1.82) is 0 Å². The van der Waals surface area contributed by atoms with Crippen LogP contribution < -0.4 is 10.0 Å². The van der Waals surface area contributed by atoms with Gasteiger partial charge in [-0.05, 0) is 70.2 Å². The number of fused-ring (bicyclic) bond motifs is 1. The molecule has 1 aliphatic heterocycles. The van der Waals surface area contributed by atoms with Crippen LogP contribution in [0.5, 0.6) is 0 Å². The molecule has 43 heavy (non-hydrogen) atoms. The lowest BCUT2D eigenvalue weighted by atomic mass is 9.83. The number of sulfone groups is 1. The Hall–Kier alpha value is -2.48. The smallest absolute Gasteiger partial charge is 0.280 e. The number of alkyl halides is 2. The van der Waals surface area contributed by atoms with E-state index >= 15 is 0 Å². The molecule has 1 saturated carbocycles. The molecule has 1 aliphatic carbocycles. The molecule has 0 bridgehead atoms. The fourth-order valence-corrected chi connectivity index (χ4v) is 9.98. The van der Waals surface area contributed by atoms with Crippen LogP contribution in [0.1, 0.15) is 74.8 Å². The molecule has 0 radical (unpaired) electrons. The molecule has 2 aromatic carbocycles. The second-order valence-electron chi connectivity index (χ2n) is 12.7. The summed E-state index contributed by atoms with van der Waals surface area (Å²) in [5.41, 5.74) is 0.636. The van der Waals surface area contributed by atoms with Gasteiger partial charge in [-0.25, -0.2) is 35.3 Å². The number of carbonyl (C=O) groups is 1. The molecule has 13 heteroatoms. The molecule has 234 valence electrons. The predicted molar refractivity (Wildman–Crippen MR) is 165 cm³/mol. The van der Waals surface area contributed by atoms with Gasteiger partial charge in [-0.1, -0.05) is 30.3 Å². The highest BCUT2D eigenvalue weighted by Crippen LogP contribution is 2.42. The molecule has 2 fully saturated rings. The summed E-state index contributed by atoms with van der Waals surface area (Å²) in [6, 6.07) is 10.1. The fraction of sp³-hybridized carbons (Fsp3) is 0.533. The molecule has 0 atom stereocenters. The Bertz CT molecular complexity index is 1720. The number of thiazole rings is 1. The van der Waals surface area contributed by atoms with Crippen LogP contribution in [-0.4, -0.2) is 56.7 Å². The quantitative estimate of drug-likeness (QED) is 0.337. The minimum Gasteiger partial charge on any atom is -0.347 e. The zero-order chi connectivity index (χ0) is 31.2. The largest absolute Gasteiger partial charge is 0.347 e. The zero-order valence-electron chi connectivity index (χ0n) is 24.5. The average Bonchev–Trinajstić information content (AvgIpc) is 3.32. The number of sulfonamides is 1. The normalized spacial score (nSPS) is 19.8. The van der Waals surface area contributed by atoms with Gasteiger partial charge in [0.15, 0.2) is 5.01 Å². The van der Waals surface area contributed by atoms with E-state index in [2.05, 4.69) is 10.0 Å². The summed E-state index contributed by atoms with van der Waals surface area (Å²) in [4.78, 5) is 18.9. The van der Waals surface area contributed by atoms with Crippen molar-refractivity contribution < 1.29 is 30.4 Å². The third-order valence-corrected chi connectivity index (χ3v) is 12.6. The van der Waals surface area contributed by atoms with Crippen molar-refractivity contribution in [3.8, 4) is 10.4 Å². The van der Waals surface area contributed by atoms with E-state index in [0.717, 1.165) is 0 Å². The van der Waals surface area contributed by atoms with Crippen molar-refractivity contribution in [3.05, 3.63) is 47.1 Å².